The van der Waals surface area contributed by atoms with Crippen molar-refractivity contribution in [2.24, 2.45) is 0 Å². The first kappa shape index (κ1) is 14.0. The quantitative estimate of drug-likeness (QED) is 0.379. The second kappa shape index (κ2) is 5.79. The Labute approximate surface area is 137 Å². The summed E-state index contributed by atoms with van der Waals surface area (Å²) in [5.41, 5.74) is 3.02. The average molecular weight is 449 g/mol. The summed E-state index contributed by atoms with van der Waals surface area (Å²) in [6.07, 6.45) is 0. The van der Waals surface area contributed by atoms with Gasteiger partial charge in [0.15, 0.2) is 0 Å². The molecule has 0 saturated heterocycles. The summed E-state index contributed by atoms with van der Waals surface area (Å²) in [5.74, 6) is 0. The van der Waals surface area contributed by atoms with Gasteiger partial charge >= 0.3 is 0 Å². The number of pyridine rings is 1. The van der Waals surface area contributed by atoms with Gasteiger partial charge < -0.3 is 0 Å². The molecular weight excluding hydrogens is 437 g/mol. The standard InChI is InChI=1S/C19H12N.Pt/c1-2-7-16-13-17(10-9-14(16)5-1)19-12-11-15-6-3-4-8-18(15)20-19;/h1-12H;/q-1;. The van der Waals surface area contributed by atoms with Crippen LogP contribution in [-0.2, 0) is 21.1 Å². The van der Waals surface area contributed by atoms with Crippen molar-refractivity contribution in [2.75, 3.05) is 0 Å². The minimum Gasteiger partial charge on any atom is -0.287 e. The summed E-state index contributed by atoms with van der Waals surface area (Å²) in [5, 5.41) is 3.49. The van der Waals surface area contributed by atoms with Crippen LogP contribution in [0.1, 0.15) is 0 Å². The van der Waals surface area contributed by atoms with Crippen molar-refractivity contribution in [3.63, 3.8) is 0 Å². The summed E-state index contributed by atoms with van der Waals surface area (Å²) in [6, 6.07) is 28.3. The first-order chi connectivity index (χ1) is 9.90. The van der Waals surface area contributed by atoms with Gasteiger partial charge in [0.2, 0.25) is 0 Å². The summed E-state index contributed by atoms with van der Waals surface area (Å²) in [4.78, 5) is 4.72. The van der Waals surface area contributed by atoms with E-state index in [0.29, 0.717) is 0 Å². The average Bonchev–Trinajstić information content (AvgIpc) is 2.54. The van der Waals surface area contributed by atoms with E-state index < -0.39 is 0 Å². The Hall–Kier alpha value is -1.98. The number of para-hydroxylation sites is 1. The van der Waals surface area contributed by atoms with Gasteiger partial charge in [0, 0.05) is 26.8 Å². The van der Waals surface area contributed by atoms with Crippen LogP contribution in [0.3, 0.4) is 0 Å². The van der Waals surface area contributed by atoms with Crippen LogP contribution in [0.5, 0.6) is 0 Å². The van der Waals surface area contributed by atoms with Crippen molar-refractivity contribution in [3.05, 3.63) is 78.9 Å². The van der Waals surface area contributed by atoms with E-state index in [-0.39, 0.29) is 21.1 Å². The zero-order valence-corrected chi connectivity index (χ0v) is 13.5. The number of hydrogen-bond acceptors (Lipinski definition) is 1. The molecule has 2 heteroatoms. The second-order valence-corrected chi connectivity index (χ2v) is 4.85. The molecule has 0 aliphatic rings. The summed E-state index contributed by atoms with van der Waals surface area (Å²) >= 11 is 0. The molecule has 21 heavy (non-hydrogen) atoms. The predicted molar refractivity (Wildman–Crippen MR) is 83.5 cm³/mol. The smallest absolute Gasteiger partial charge is 0.0617 e. The summed E-state index contributed by atoms with van der Waals surface area (Å²) < 4.78 is 0. The SMILES string of the molecule is [Pt].[c-]1c(-c2ccc3ccccc3n2)ccc2ccccc12. The molecule has 1 aromatic heterocycles. The molecule has 0 amide bonds. The number of benzene rings is 3. The normalized spacial score (nSPS) is 10.5. The first-order valence-electron chi connectivity index (χ1n) is 6.67. The van der Waals surface area contributed by atoms with E-state index in [1.807, 2.05) is 30.3 Å². The third kappa shape index (κ3) is 2.62. The van der Waals surface area contributed by atoms with Crippen molar-refractivity contribution in [1.82, 2.24) is 4.98 Å². The molecule has 0 radical (unpaired) electrons. The molecule has 0 N–H and O–H groups in total. The van der Waals surface area contributed by atoms with Crippen LogP contribution in [0.4, 0.5) is 0 Å². The molecule has 0 unspecified atom stereocenters. The van der Waals surface area contributed by atoms with Crippen LogP contribution in [-0.4, -0.2) is 4.98 Å². The minimum absolute atomic E-state index is 0. The number of hydrogen-bond donors (Lipinski definition) is 0. The van der Waals surface area contributed by atoms with E-state index >= 15 is 0 Å². The van der Waals surface area contributed by atoms with Crippen molar-refractivity contribution >= 4 is 21.7 Å². The zero-order chi connectivity index (χ0) is 13.4. The Bertz CT molecular complexity index is 838. The summed E-state index contributed by atoms with van der Waals surface area (Å²) in [6.45, 7) is 0. The van der Waals surface area contributed by atoms with Gasteiger partial charge in [-0.15, -0.1) is 29.7 Å². The predicted octanol–water partition coefficient (Wildman–Crippen LogP) is 4.85. The molecule has 0 atom stereocenters. The number of aromatic nitrogens is 1. The summed E-state index contributed by atoms with van der Waals surface area (Å²) in [7, 11) is 0. The maximum Gasteiger partial charge on any atom is 0.0617 e. The molecule has 1 nitrogen and oxygen atoms in total. The van der Waals surface area contributed by atoms with Crippen LogP contribution in [0.2, 0.25) is 0 Å². The van der Waals surface area contributed by atoms with Gasteiger partial charge in [-0.1, -0.05) is 59.5 Å². The molecule has 0 fully saturated rings. The van der Waals surface area contributed by atoms with Gasteiger partial charge in [-0.25, -0.2) is 0 Å². The molecule has 0 saturated carbocycles. The van der Waals surface area contributed by atoms with Gasteiger partial charge in [0.05, 0.1) is 5.52 Å². The Balaban J connectivity index is 0.00000132. The van der Waals surface area contributed by atoms with Crippen LogP contribution >= 0.6 is 0 Å². The van der Waals surface area contributed by atoms with Crippen molar-refractivity contribution < 1.29 is 21.1 Å². The third-order valence-electron chi connectivity index (χ3n) is 3.53. The van der Waals surface area contributed by atoms with Crippen LogP contribution < -0.4 is 0 Å². The van der Waals surface area contributed by atoms with Crippen molar-refractivity contribution in [2.45, 2.75) is 0 Å². The topological polar surface area (TPSA) is 12.9 Å². The third-order valence-corrected chi connectivity index (χ3v) is 3.53. The van der Waals surface area contributed by atoms with E-state index in [4.69, 9.17) is 4.98 Å². The fourth-order valence-electron chi connectivity index (χ4n) is 2.48. The second-order valence-electron chi connectivity index (χ2n) is 4.85. The molecule has 4 aromatic rings. The van der Waals surface area contributed by atoms with Crippen LogP contribution in [0.25, 0.3) is 32.9 Å². The molecule has 0 spiro atoms. The van der Waals surface area contributed by atoms with Gasteiger partial charge in [0.25, 0.3) is 0 Å². The fourth-order valence-corrected chi connectivity index (χ4v) is 2.48. The van der Waals surface area contributed by atoms with Gasteiger partial charge in [-0.2, -0.15) is 0 Å². The van der Waals surface area contributed by atoms with Crippen molar-refractivity contribution in [3.8, 4) is 11.3 Å². The molecular formula is C19H12NPt-. The van der Waals surface area contributed by atoms with E-state index in [0.717, 1.165) is 27.5 Å². The largest absolute Gasteiger partial charge is 0.287 e. The van der Waals surface area contributed by atoms with Crippen molar-refractivity contribution in [1.29, 1.82) is 0 Å². The molecule has 3 aromatic carbocycles. The zero-order valence-electron chi connectivity index (χ0n) is 11.2. The van der Waals surface area contributed by atoms with Gasteiger partial charge in [-0.3, -0.25) is 4.98 Å². The van der Waals surface area contributed by atoms with Gasteiger partial charge in [0.1, 0.15) is 0 Å². The molecule has 104 valence electrons. The number of nitrogens with zero attached hydrogens (tertiary/aromatic N) is 1. The van der Waals surface area contributed by atoms with E-state index in [2.05, 4.69) is 48.5 Å². The molecule has 0 aliphatic carbocycles. The van der Waals surface area contributed by atoms with E-state index in [1.165, 1.54) is 5.39 Å². The first-order valence-corrected chi connectivity index (χ1v) is 6.67. The Morgan fingerprint density at radius 2 is 1.38 bits per heavy atom. The van der Waals surface area contributed by atoms with Gasteiger partial charge in [-0.05, 0) is 11.5 Å². The molecule has 1 heterocycles. The number of fused-ring (bicyclic) bond motifs is 2. The molecule has 4 rings (SSSR count). The minimum atomic E-state index is 0. The molecule has 0 bridgehead atoms. The maximum absolute atomic E-state index is 4.72. The molecule has 0 aliphatic heterocycles. The van der Waals surface area contributed by atoms with E-state index in [9.17, 15) is 0 Å². The fraction of sp³-hybridized carbons (Fsp3) is 0. The van der Waals surface area contributed by atoms with Crippen LogP contribution in [0, 0.1) is 6.07 Å². The van der Waals surface area contributed by atoms with Crippen LogP contribution in [0.15, 0.2) is 72.8 Å². The van der Waals surface area contributed by atoms with E-state index in [1.54, 1.807) is 0 Å². The monoisotopic (exact) mass is 449 g/mol. The number of rotatable bonds is 1. The Kier molecular flexibility index (Phi) is 3.85. The Morgan fingerprint density at radius 3 is 2.29 bits per heavy atom. The maximum atomic E-state index is 4.72. The Morgan fingerprint density at radius 1 is 0.667 bits per heavy atom.